The van der Waals surface area contributed by atoms with Gasteiger partial charge in [-0.1, -0.05) is 6.07 Å². The van der Waals surface area contributed by atoms with Gasteiger partial charge in [0.05, 0.1) is 6.54 Å². The van der Waals surface area contributed by atoms with Gasteiger partial charge in [-0.15, -0.1) is 0 Å². The van der Waals surface area contributed by atoms with Crippen LogP contribution in [-0.2, 0) is 6.54 Å². The van der Waals surface area contributed by atoms with E-state index < -0.39 is 17.7 Å². The number of nitrogens with zero attached hydrogens (tertiary/aromatic N) is 2. The molecule has 0 radical (unpaired) electrons. The highest BCUT2D eigenvalue weighted by molar-refractivity contribution is 5.20. The Morgan fingerprint density at radius 2 is 2.12 bits per heavy atom. The SMILES string of the molecule is NC(Cn1cccn1)c1ccc(F)c(F)c1. The van der Waals surface area contributed by atoms with Crippen molar-refractivity contribution in [1.82, 2.24) is 9.78 Å². The predicted molar refractivity (Wildman–Crippen MR) is 55.5 cm³/mol. The zero-order chi connectivity index (χ0) is 11.5. The molecule has 0 fully saturated rings. The molecule has 0 bridgehead atoms. The highest BCUT2D eigenvalue weighted by Crippen LogP contribution is 2.15. The molecule has 2 aromatic rings. The van der Waals surface area contributed by atoms with Crippen LogP contribution >= 0.6 is 0 Å². The summed E-state index contributed by atoms with van der Waals surface area (Å²) in [5, 5.41) is 3.99. The van der Waals surface area contributed by atoms with Gasteiger partial charge in [0.25, 0.3) is 0 Å². The van der Waals surface area contributed by atoms with E-state index in [1.54, 1.807) is 23.1 Å². The van der Waals surface area contributed by atoms with E-state index in [-0.39, 0.29) is 0 Å². The highest BCUT2D eigenvalue weighted by atomic mass is 19.2. The van der Waals surface area contributed by atoms with Gasteiger partial charge in [-0.3, -0.25) is 4.68 Å². The molecule has 1 unspecified atom stereocenters. The summed E-state index contributed by atoms with van der Waals surface area (Å²) >= 11 is 0. The average molecular weight is 223 g/mol. The van der Waals surface area contributed by atoms with Crippen LogP contribution in [0.3, 0.4) is 0 Å². The van der Waals surface area contributed by atoms with Crippen LogP contribution < -0.4 is 5.73 Å². The molecule has 84 valence electrons. The monoisotopic (exact) mass is 223 g/mol. The minimum absolute atomic E-state index is 0.407. The summed E-state index contributed by atoms with van der Waals surface area (Å²) in [6.45, 7) is 0.429. The maximum atomic E-state index is 13.0. The number of hydrogen-bond acceptors (Lipinski definition) is 2. The Morgan fingerprint density at radius 3 is 2.75 bits per heavy atom. The minimum Gasteiger partial charge on any atom is -0.322 e. The van der Waals surface area contributed by atoms with E-state index in [1.165, 1.54) is 6.07 Å². The van der Waals surface area contributed by atoms with Crippen molar-refractivity contribution in [2.45, 2.75) is 12.6 Å². The van der Waals surface area contributed by atoms with Crippen molar-refractivity contribution in [3.63, 3.8) is 0 Å². The van der Waals surface area contributed by atoms with Crippen molar-refractivity contribution in [2.24, 2.45) is 5.73 Å². The van der Waals surface area contributed by atoms with Gasteiger partial charge in [-0.25, -0.2) is 8.78 Å². The maximum Gasteiger partial charge on any atom is 0.159 e. The third-order valence-electron chi connectivity index (χ3n) is 2.31. The van der Waals surface area contributed by atoms with E-state index in [1.807, 2.05) is 0 Å². The Morgan fingerprint density at radius 1 is 1.31 bits per heavy atom. The third-order valence-corrected chi connectivity index (χ3v) is 2.31. The molecule has 1 aromatic heterocycles. The molecule has 3 nitrogen and oxygen atoms in total. The Bertz CT molecular complexity index is 468. The first-order valence-electron chi connectivity index (χ1n) is 4.85. The third kappa shape index (κ3) is 2.25. The molecule has 5 heteroatoms. The van der Waals surface area contributed by atoms with Crippen LogP contribution in [-0.4, -0.2) is 9.78 Å². The number of nitrogens with two attached hydrogens (primary N) is 1. The van der Waals surface area contributed by atoms with Gasteiger partial charge in [0.2, 0.25) is 0 Å². The summed E-state index contributed by atoms with van der Waals surface area (Å²) in [5.74, 6) is -1.75. The van der Waals surface area contributed by atoms with Crippen LogP contribution in [0.2, 0.25) is 0 Å². The molecule has 1 aromatic carbocycles. The Labute approximate surface area is 91.5 Å². The van der Waals surface area contributed by atoms with E-state index in [2.05, 4.69) is 5.10 Å². The molecule has 16 heavy (non-hydrogen) atoms. The van der Waals surface area contributed by atoms with Gasteiger partial charge < -0.3 is 5.73 Å². The maximum absolute atomic E-state index is 13.0. The molecule has 0 spiro atoms. The first kappa shape index (κ1) is 10.8. The number of rotatable bonds is 3. The molecule has 2 rings (SSSR count). The van der Waals surface area contributed by atoms with E-state index in [9.17, 15) is 8.78 Å². The molecular formula is C11H11F2N3. The normalized spacial score (nSPS) is 12.7. The van der Waals surface area contributed by atoms with Crippen LogP contribution in [0.15, 0.2) is 36.7 Å². The van der Waals surface area contributed by atoms with E-state index in [4.69, 9.17) is 5.73 Å². The van der Waals surface area contributed by atoms with Gasteiger partial charge in [0, 0.05) is 18.4 Å². The fourth-order valence-corrected chi connectivity index (χ4v) is 1.46. The van der Waals surface area contributed by atoms with Crippen molar-refractivity contribution in [3.05, 3.63) is 53.9 Å². The summed E-state index contributed by atoms with van der Waals surface area (Å²) < 4.78 is 27.3. The van der Waals surface area contributed by atoms with Crippen LogP contribution in [0.25, 0.3) is 0 Å². The van der Waals surface area contributed by atoms with Crippen molar-refractivity contribution >= 4 is 0 Å². The number of aromatic nitrogens is 2. The van der Waals surface area contributed by atoms with Gasteiger partial charge >= 0.3 is 0 Å². The van der Waals surface area contributed by atoms with Crippen molar-refractivity contribution < 1.29 is 8.78 Å². The second-order valence-electron chi connectivity index (χ2n) is 3.51. The van der Waals surface area contributed by atoms with E-state index in [0.717, 1.165) is 12.1 Å². The van der Waals surface area contributed by atoms with Crippen LogP contribution in [0.1, 0.15) is 11.6 Å². The quantitative estimate of drug-likeness (QED) is 0.863. The van der Waals surface area contributed by atoms with Crippen LogP contribution in [0, 0.1) is 11.6 Å². The zero-order valence-electron chi connectivity index (χ0n) is 8.48. The molecule has 0 aliphatic heterocycles. The fraction of sp³-hybridized carbons (Fsp3) is 0.182. The summed E-state index contributed by atoms with van der Waals surface area (Å²) in [7, 11) is 0. The smallest absolute Gasteiger partial charge is 0.159 e. The molecule has 0 saturated heterocycles. The van der Waals surface area contributed by atoms with Crippen molar-refractivity contribution in [3.8, 4) is 0 Å². The van der Waals surface area contributed by atoms with Gasteiger partial charge in [-0.2, -0.15) is 5.10 Å². The molecule has 2 N–H and O–H groups in total. The Balaban J connectivity index is 2.14. The lowest BCUT2D eigenvalue weighted by Crippen LogP contribution is -2.18. The summed E-state index contributed by atoms with van der Waals surface area (Å²) in [6.07, 6.45) is 3.40. The standard InChI is InChI=1S/C11H11F2N3/c12-9-3-2-8(6-10(9)13)11(14)7-16-5-1-4-15-16/h1-6,11H,7,14H2. The molecule has 0 aliphatic carbocycles. The largest absolute Gasteiger partial charge is 0.322 e. The number of hydrogen-bond donors (Lipinski definition) is 1. The minimum atomic E-state index is -0.881. The van der Waals surface area contributed by atoms with Gasteiger partial charge in [0.15, 0.2) is 11.6 Å². The lowest BCUT2D eigenvalue weighted by atomic mass is 10.1. The van der Waals surface area contributed by atoms with Crippen molar-refractivity contribution in [2.75, 3.05) is 0 Å². The second-order valence-corrected chi connectivity index (χ2v) is 3.51. The van der Waals surface area contributed by atoms with Gasteiger partial charge in [0.1, 0.15) is 0 Å². The molecule has 0 saturated carbocycles. The fourth-order valence-electron chi connectivity index (χ4n) is 1.46. The van der Waals surface area contributed by atoms with E-state index in [0.29, 0.717) is 12.1 Å². The highest BCUT2D eigenvalue weighted by Gasteiger charge is 2.10. The van der Waals surface area contributed by atoms with Crippen LogP contribution in [0.4, 0.5) is 8.78 Å². The Hall–Kier alpha value is -1.75. The first-order valence-corrected chi connectivity index (χ1v) is 4.85. The molecular weight excluding hydrogens is 212 g/mol. The molecule has 1 atom stereocenters. The second kappa shape index (κ2) is 4.40. The average Bonchev–Trinajstić information content (AvgIpc) is 2.74. The zero-order valence-corrected chi connectivity index (χ0v) is 8.48. The molecule has 0 aliphatic rings. The lowest BCUT2D eigenvalue weighted by molar-refractivity contribution is 0.495. The van der Waals surface area contributed by atoms with Crippen molar-refractivity contribution in [1.29, 1.82) is 0 Å². The molecule has 0 amide bonds. The van der Waals surface area contributed by atoms with Crippen LogP contribution in [0.5, 0.6) is 0 Å². The number of benzene rings is 1. The first-order chi connectivity index (χ1) is 7.66. The molecule has 1 heterocycles. The number of halogens is 2. The van der Waals surface area contributed by atoms with E-state index >= 15 is 0 Å². The Kier molecular flexibility index (Phi) is 2.96. The topological polar surface area (TPSA) is 43.8 Å². The summed E-state index contributed by atoms with van der Waals surface area (Å²) in [4.78, 5) is 0. The summed E-state index contributed by atoms with van der Waals surface area (Å²) in [6, 6.07) is 5.04. The van der Waals surface area contributed by atoms with Gasteiger partial charge in [-0.05, 0) is 23.8 Å². The predicted octanol–water partition coefficient (Wildman–Crippen LogP) is 1.86. The summed E-state index contributed by atoms with van der Waals surface area (Å²) in [5.41, 5.74) is 6.41. The lowest BCUT2D eigenvalue weighted by Gasteiger charge is -2.12.